The van der Waals surface area contributed by atoms with Crippen LogP contribution < -0.4 is 10.0 Å². The molecule has 1 aliphatic carbocycles. The Balaban J connectivity index is 1.64. The summed E-state index contributed by atoms with van der Waals surface area (Å²) < 4.78 is 66.1. The maximum absolute atomic E-state index is 13.1. The minimum atomic E-state index is -4.81. The van der Waals surface area contributed by atoms with E-state index in [-0.39, 0.29) is 6.04 Å². The maximum atomic E-state index is 13.1. The zero-order valence-electron chi connectivity index (χ0n) is 14.8. The third-order valence-corrected chi connectivity index (χ3v) is 6.44. The molecule has 1 saturated carbocycles. The van der Waals surface area contributed by atoms with E-state index in [4.69, 9.17) is 0 Å². The van der Waals surface area contributed by atoms with Gasteiger partial charge in [0.15, 0.2) is 0 Å². The summed E-state index contributed by atoms with van der Waals surface area (Å²) >= 11 is 0. The molecule has 2 aliphatic rings. The Morgan fingerprint density at radius 3 is 2.52 bits per heavy atom. The summed E-state index contributed by atoms with van der Waals surface area (Å²) in [4.78, 5) is 13.7. The molecule has 1 aliphatic heterocycles. The van der Waals surface area contributed by atoms with Gasteiger partial charge in [0.1, 0.15) is 0 Å². The molecule has 0 bridgehead atoms. The van der Waals surface area contributed by atoms with Gasteiger partial charge < -0.3 is 5.32 Å². The Labute approximate surface area is 156 Å². The molecule has 150 valence electrons. The van der Waals surface area contributed by atoms with Gasteiger partial charge >= 0.3 is 6.18 Å². The van der Waals surface area contributed by atoms with Crippen molar-refractivity contribution < 1.29 is 26.4 Å². The Bertz CT molecular complexity index is 809. The monoisotopic (exact) mass is 405 g/mol. The molecular weight excluding hydrogens is 383 g/mol. The highest BCUT2D eigenvalue weighted by molar-refractivity contribution is 7.89. The van der Waals surface area contributed by atoms with Crippen molar-refractivity contribution in [1.82, 2.24) is 14.9 Å². The van der Waals surface area contributed by atoms with Crippen LogP contribution in [0.2, 0.25) is 0 Å². The Morgan fingerprint density at radius 2 is 1.89 bits per heavy atom. The molecule has 3 rings (SSSR count). The molecule has 1 amide bonds. The Morgan fingerprint density at radius 1 is 1.22 bits per heavy atom. The van der Waals surface area contributed by atoms with E-state index in [1.807, 2.05) is 0 Å². The second kappa shape index (κ2) is 7.40. The van der Waals surface area contributed by atoms with Gasteiger partial charge in [0.05, 0.1) is 16.5 Å². The summed E-state index contributed by atoms with van der Waals surface area (Å²) in [6.45, 7) is 2.91. The lowest BCUT2D eigenvalue weighted by molar-refractivity contribution is -0.139. The van der Waals surface area contributed by atoms with Crippen LogP contribution in [-0.4, -0.2) is 50.4 Å². The summed E-state index contributed by atoms with van der Waals surface area (Å²) in [6.07, 6.45) is -1.71. The number of halogens is 3. The number of hydrogen-bond acceptors (Lipinski definition) is 4. The summed E-state index contributed by atoms with van der Waals surface area (Å²) in [5.74, 6) is -0.550. The molecule has 0 aromatic heterocycles. The fourth-order valence-corrected chi connectivity index (χ4v) is 4.72. The van der Waals surface area contributed by atoms with Crippen molar-refractivity contribution >= 4 is 15.9 Å². The molecule has 0 radical (unpaired) electrons. The molecular formula is C17H22F3N3O3S. The van der Waals surface area contributed by atoms with Crippen LogP contribution in [0.3, 0.4) is 0 Å². The third-order valence-electron chi connectivity index (χ3n) is 4.84. The van der Waals surface area contributed by atoms with Crippen LogP contribution in [0.5, 0.6) is 0 Å². The Hall–Kier alpha value is -1.65. The van der Waals surface area contributed by atoms with Gasteiger partial charge in [-0.2, -0.15) is 17.9 Å². The lowest BCUT2D eigenvalue weighted by atomic mass is 10.2. The van der Waals surface area contributed by atoms with Crippen molar-refractivity contribution in [2.24, 2.45) is 0 Å². The minimum absolute atomic E-state index is 0.0764. The largest absolute Gasteiger partial charge is 0.417 e. The van der Waals surface area contributed by atoms with Gasteiger partial charge in [0, 0.05) is 25.2 Å². The van der Waals surface area contributed by atoms with Gasteiger partial charge in [0.2, 0.25) is 15.9 Å². The van der Waals surface area contributed by atoms with E-state index in [1.165, 1.54) is 13.0 Å². The second-order valence-corrected chi connectivity index (χ2v) is 8.74. The van der Waals surface area contributed by atoms with Gasteiger partial charge in [-0.15, -0.1) is 0 Å². The predicted octanol–water partition coefficient (Wildman–Crippen LogP) is 1.73. The van der Waals surface area contributed by atoms with Crippen molar-refractivity contribution in [3.8, 4) is 0 Å². The molecule has 1 aromatic carbocycles. The maximum Gasteiger partial charge on any atom is 0.417 e. The van der Waals surface area contributed by atoms with Gasteiger partial charge in [-0.3, -0.25) is 9.69 Å². The smallest absolute Gasteiger partial charge is 0.351 e. The van der Waals surface area contributed by atoms with Gasteiger partial charge in [-0.1, -0.05) is 12.1 Å². The van der Waals surface area contributed by atoms with E-state index >= 15 is 0 Å². The summed E-state index contributed by atoms with van der Waals surface area (Å²) in [6, 6.07) is 3.22. The lowest BCUT2D eigenvalue weighted by Crippen LogP contribution is -2.48. The molecule has 1 saturated heterocycles. The van der Waals surface area contributed by atoms with Crippen LogP contribution >= 0.6 is 0 Å². The third kappa shape index (κ3) is 4.80. The predicted molar refractivity (Wildman–Crippen MR) is 92.4 cm³/mol. The number of rotatable bonds is 6. The number of carbonyl (C=O) groups is 1. The molecule has 2 fully saturated rings. The van der Waals surface area contributed by atoms with E-state index in [0.29, 0.717) is 18.7 Å². The van der Waals surface area contributed by atoms with Crippen molar-refractivity contribution in [3.05, 3.63) is 29.8 Å². The van der Waals surface area contributed by atoms with Crippen LogP contribution in [0.1, 0.15) is 31.7 Å². The number of amides is 1. The summed E-state index contributed by atoms with van der Waals surface area (Å²) in [5.41, 5.74) is -1.26. The first-order valence-corrected chi connectivity index (χ1v) is 10.3. The van der Waals surface area contributed by atoms with Crippen LogP contribution in [0.15, 0.2) is 29.2 Å². The number of carbonyl (C=O) groups excluding carboxylic acids is 1. The van der Waals surface area contributed by atoms with E-state index < -0.39 is 38.6 Å². The number of sulfonamides is 1. The first-order valence-electron chi connectivity index (χ1n) is 8.81. The molecule has 10 heteroatoms. The Kier molecular flexibility index (Phi) is 5.51. The molecule has 1 aromatic rings. The van der Waals surface area contributed by atoms with Crippen molar-refractivity contribution in [3.63, 3.8) is 0 Å². The highest BCUT2D eigenvalue weighted by Gasteiger charge is 2.38. The summed E-state index contributed by atoms with van der Waals surface area (Å²) in [7, 11) is -4.51. The molecule has 1 heterocycles. The van der Waals surface area contributed by atoms with Crippen LogP contribution in [0.4, 0.5) is 13.2 Å². The fraction of sp³-hybridized carbons (Fsp3) is 0.588. The van der Waals surface area contributed by atoms with Crippen molar-refractivity contribution in [2.45, 2.75) is 55.4 Å². The number of likely N-dealkylation sites (tertiary alicyclic amines) is 1. The SMILES string of the molecule is C[C@H](NS(=O)(=O)c1ccccc1C(F)(F)F)C(=O)NC1CCN(C2CC2)C1. The van der Waals surface area contributed by atoms with Crippen molar-refractivity contribution in [2.75, 3.05) is 13.1 Å². The second-order valence-electron chi connectivity index (χ2n) is 7.06. The quantitative estimate of drug-likeness (QED) is 0.756. The van der Waals surface area contributed by atoms with Crippen LogP contribution in [-0.2, 0) is 21.0 Å². The topological polar surface area (TPSA) is 78.5 Å². The van der Waals surface area contributed by atoms with Gasteiger partial charge in [-0.05, 0) is 38.3 Å². The average molecular weight is 405 g/mol. The number of nitrogens with one attached hydrogen (secondary N) is 2. The number of benzene rings is 1. The van der Waals surface area contributed by atoms with E-state index in [2.05, 4.69) is 14.9 Å². The molecule has 2 N–H and O–H groups in total. The van der Waals surface area contributed by atoms with E-state index in [0.717, 1.165) is 37.9 Å². The summed E-state index contributed by atoms with van der Waals surface area (Å²) in [5, 5.41) is 2.78. The van der Waals surface area contributed by atoms with E-state index in [1.54, 1.807) is 0 Å². The standard InChI is InChI=1S/C17H22F3N3O3S/c1-11(16(24)21-12-8-9-23(10-12)13-6-7-13)22-27(25,26)15-5-3-2-4-14(15)17(18,19)20/h2-5,11-13,22H,6-10H2,1H3,(H,21,24)/t11-,12?/m0/s1. The number of hydrogen-bond donors (Lipinski definition) is 2. The first kappa shape index (κ1) is 20.1. The lowest BCUT2D eigenvalue weighted by Gasteiger charge is -2.20. The number of alkyl halides is 3. The molecule has 0 spiro atoms. The first-order chi connectivity index (χ1) is 12.6. The average Bonchev–Trinajstić information content (AvgIpc) is 3.33. The zero-order valence-corrected chi connectivity index (χ0v) is 15.6. The highest BCUT2D eigenvalue weighted by Crippen LogP contribution is 2.34. The van der Waals surface area contributed by atoms with Gasteiger partial charge in [0.25, 0.3) is 0 Å². The molecule has 2 atom stereocenters. The molecule has 27 heavy (non-hydrogen) atoms. The minimum Gasteiger partial charge on any atom is -0.351 e. The fourth-order valence-electron chi connectivity index (χ4n) is 3.29. The zero-order chi connectivity index (χ0) is 19.8. The molecule has 1 unspecified atom stereocenters. The molecule has 6 nitrogen and oxygen atoms in total. The number of nitrogens with zero attached hydrogens (tertiary/aromatic N) is 1. The normalized spacial score (nSPS) is 22.6. The van der Waals surface area contributed by atoms with Gasteiger partial charge in [-0.25, -0.2) is 8.42 Å². The van der Waals surface area contributed by atoms with Crippen LogP contribution in [0, 0.1) is 0 Å². The highest BCUT2D eigenvalue weighted by atomic mass is 32.2. The van der Waals surface area contributed by atoms with Crippen molar-refractivity contribution in [1.29, 1.82) is 0 Å². The van der Waals surface area contributed by atoms with Crippen LogP contribution in [0.25, 0.3) is 0 Å². The van der Waals surface area contributed by atoms with E-state index in [9.17, 15) is 26.4 Å².